The smallest absolute Gasteiger partial charge is 0.355 e. The van der Waals surface area contributed by atoms with E-state index in [1.54, 1.807) is 30.5 Å². The first-order chi connectivity index (χ1) is 14.0. The standard InChI is InChI=1S/C23H18N2O4/c1-14(26)16-11-20(24-12-16)23(28)29-22(15-7-3-2-4-8-15)21(27)18-13-25-19-10-6-5-9-17(18)19/h2-13,22,24-25H,1H3/t22-/m0/s1. The lowest BCUT2D eigenvalue weighted by Gasteiger charge is -2.16. The van der Waals surface area contributed by atoms with Crippen molar-refractivity contribution in [3.8, 4) is 0 Å². The molecule has 0 unspecified atom stereocenters. The van der Waals surface area contributed by atoms with Gasteiger partial charge in [-0.3, -0.25) is 9.59 Å². The lowest BCUT2D eigenvalue weighted by Crippen LogP contribution is -2.20. The Balaban J connectivity index is 1.69. The molecule has 0 aliphatic heterocycles. The van der Waals surface area contributed by atoms with E-state index in [0.717, 1.165) is 10.9 Å². The molecule has 4 aromatic rings. The van der Waals surface area contributed by atoms with Crippen LogP contribution in [0, 0.1) is 0 Å². The predicted molar refractivity (Wildman–Crippen MR) is 108 cm³/mol. The van der Waals surface area contributed by atoms with Gasteiger partial charge < -0.3 is 14.7 Å². The maximum absolute atomic E-state index is 13.3. The third kappa shape index (κ3) is 3.60. The van der Waals surface area contributed by atoms with Gasteiger partial charge in [-0.2, -0.15) is 0 Å². The van der Waals surface area contributed by atoms with Gasteiger partial charge >= 0.3 is 5.97 Å². The Morgan fingerprint density at radius 3 is 2.34 bits per heavy atom. The zero-order valence-electron chi connectivity index (χ0n) is 15.6. The second kappa shape index (κ2) is 7.59. The van der Waals surface area contributed by atoms with Crippen LogP contribution in [0.15, 0.2) is 73.1 Å². The van der Waals surface area contributed by atoms with Crippen LogP contribution >= 0.6 is 0 Å². The number of hydrogen-bond acceptors (Lipinski definition) is 4. The quantitative estimate of drug-likeness (QED) is 0.377. The molecule has 6 heteroatoms. The van der Waals surface area contributed by atoms with Crippen molar-refractivity contribution in [1.29, 1.82) is 0 Å². The second-order valence-corrected chi connectivity index (χ2v) is 6.67. The number of para-hydroxylation sites is 1. The molecule has 0 saturated heterocycles. The van der Waals surface area contributed by atoms with Gasteiger partial charge in [0, 0.05) is 40.0 Å². The van der Waals surface area contributed by atoms with Crippen molar-refractivity contribution in [3.05, 3.63) is 95.4 Å². The van der Waals surface area contributed by atoms with Crippen molar-refractivity contribution >= 4 is 28.4 Å². The summed E-state index contributed by atoms with van der Waals surface area (Å²) in [6, 6.07) is 17.7. The van der Waals surface area contributed by atoms with Gasteiger partial charge in [0.2, 0.25) is 5.78 Å². The number of Topliss-reactive ketones (excluding diaryl/α,β-unsaturated/α-hetero) is 2. The molecule has 0 radical (unpaired) electrons. The van der Waals surface area contributed by atoms with Crippen LogP contribution in [0.25, 0.3) is 10.9 Å². The Labute approximate surface area is 166 Å². The summed E-state index contributed by atoms with van der Waals surface area (Å²) < 4.78 is 5.61. The van der Waals surface area contributed by atoms with Crippen LogP contribution in [0.3, 0.4) is 0 Å². The number of ether oxygens (including phenoxy) is 1. The van der Waals surface area contributed by atoms with Crippen LogP contribution in [0.4, 0.5) is 0 Å². The molecule has 2 N–H and O–H groups in total. The van der Waals surface area contributed by atoms with Crippen LogP contribution in [-0.4, -0.2) is 27.5 Å². The first-order valence-electron chi connectivity index (χ1n) is 9.10. The lowest BCUT2D eigenvalue weighted by molar-refractivity contribution is 0.0275. The Morgan fingerprint density at radius 1 is 0.897 bits per heavy atom. The SMILES string of the molecule is CC(=O)c1c[nH]c(C(=O)O[C@H](C(=O)c2c[nH]c3ccccc23)c2ccccc2)c1. The summed E-state index contributed by atoms with van der Waals surface area (Å²) in [4.78, 5) is 43.3. The van der Waals surface area contributed by atoms with Crippen molar-refractivity contribution in [2.45, 2.75) is 13.0 Å². The number of hydrogen-bond donors (Lipinski definition) is 2. The highest BCUT2D eigenvalue weighted by Gasteiger charge is 2.29. The number of fused-ring (bicyclic) bond motifs is 1. The second-order valence-electron chi connectivity index (χ2n) is 6.67. The van der Waals surface area contributed by atoms with E-state index in [1.165, 1.54) is 19.2 Å². The van der Waals surface area contributed by atoms with Gasteiger partial charge in [0.05, 0.1) is 0 Å². The van der Waals surface area contributed by atoms with E-state index in [0.29, 0.717) is 16.7 Å². The van der Waals surface area contributed by atoms with E-state index in [1.807, 2.05) is 30.3 Å². The van der Waals surface area contributed by atoms with Gasteiger partial charge in [0.15, 0.2) is 11.9 Å². The lowest BCUT2D eigenvalue weighted by atomic mass is 9.99. The molecular formula is C23H18N2O4. The largest absolute Gasteiger partial charge is 0.444 e. The monoisotopic (exact) mass is 386 g/mol. The number of rotatable bonds is 6. The van der Waals surface area contributed by atoms with Gasteiger partial charge in [0.1, 0.15) is 5.69 Å². The maximum Gasteiger partial charge on any atom is 0.355 e. The fourth-order valence-corrected chi connectivity index (χ4v) is 3.20. The molecule has 0 aliphatic carbocycles. The molecule has 0 saturated carbocycles. The Bertz CT molecular complexity index is 1200. The molecule has 2 aromatic carbocycles. The van der Waals surface area contributed by atoms with Gasteiger partial charge in [-0.05, 0) is 19.1 Å². The third-order valence-electron chi connectivity index (χ3n) is 4.73. The Morgan fingerprint density at radius 2 is 1.62 bits per heavy atom. The summed E-state index contributed by atoms with van der Waals surface area (Å²) in [5, 5.41) is 0.758. The molecule has 0 fully saturated rings. The number of carbonyl (C=O) groups is 3. The first-order valence-corrected chi connectivity index (χ1v) is 9.10. The molecule has 0 aliphatic rings. The number of H-pyrrole nitrogens is 2. The number of aromatic nitrogens is 2. The van der Waals surface area contributed by atoms with Crippen LogP contribution in [-0.2, 0) is 4.74 Å². The van der Waals surface area contributed by atoms with Crippen molar-refractivity contribution < 1.29 is 19.1 Å². The first kappa shape index (κ1) is 18.4. The van der Waals surface area contributed by atoms with Crippen molar-refractivity contribution in [2.75, 3.05) is 0 Å². The van der Waals surface area contributed by atoms with E-state index >= 15 is 0 Å². The van der Waals surface area contributed by atoms with E-state index in [4.69, 9.17) is 4.74 Å². The van der Waals surface area contributed by atoms with E-state index in [-0.39, 0.29) is 17.3 Å². The van der Waals surface area contributed by atoms with E-state index < -0.39 is 12.1 Å². The molecule has 144 valence electrons. The fourth-order valence-electron chi connectivity index (χ4n) is 3.20. The predicted octanol–water partition coefficient (Wildman–Crippen LogP) is 4.48. The molecule has 2 aromatic heterocycles. The van der Waals surface area contributed by atoms with Crippen LogP contribution in [0.2, 0.25) is 0 Å². The molecule has 0 amide bonds. The normalized spacial score (nSPS) is 11.9. The minimum atomic E-state index is -1.12. The summed E-state index contributed by atoms with van der Waals surface area (Å²) >= 11 is 0. The van der Waals surface area contributed by atoms with Crippen molar-refractivity contribution in [1.82, 2.24) is 9.97 Å². The summed E-state index contributed by atoms with van der Waals surface area (Å²) in [7, 11) is 0. The summed E-state index contributed by atoms with van der Waals surface area (Å²) in [5.74, 6) is -1.21. The number of ketones is 2. The maximum atomic E-state index is 13.3. The van der Waals surface area contributed by atoms with Crippen molar-refractivity contribution in [2.24, 2.45) is 0 Å². The number of aromatic amines is 2. The zero-order valence-corrected chi connectivity index (χ0v) is 15.6. The summed E-state index contributed by atoms with van der Waals surface area (Å²) in [6.45, 7) is 1.41. The molecule has 2 heterocycles. The highest BCUT2D eigenvalue weighted by atomic mass is 16.5. The molecule has 4 rings (SSSR count). The Kier molecular flexibility index (Phi) is 4.83. The molecule has 1 atom stereocenters. The molecule has 6 nitrogen and oxygen atoms in total. The molecular weight excluding hydrogens is 368 g/mol. The van der Waals surface area contributed by atoms with Gasteiger partial charge in [-0.25, -0.2) is 4.79 Å². The van der Waals surface area contributed by atoms with E-state index in [9.17, 15) is 14.4 Å². The van der Waals surface area contributed by atoms with Crippen molar-refractivity contribution in [3.63, 3.8) is 0 Å². The summed E-state index contributed by atoms with van der Waals surface area (Å²) in [5.41, 5.74) is 2.32. The van der Waals surface area contributed by atoms with E-state index in [2.05, 4.69) is 9.97 Å². The van der Waals surface area contributed by atoms with Crippen LogP contribution in [0.1, 0.15) is 49.8 Å². The number of benzene rings is 2. The minimum Gasteiger partial charge on any atom is -0.444 e. The molecule has 0 spiro atoms. The molecule has 0 bridgehead atoms. The highest BCUT2D eigenvalue weighted by Crippen LogP contribution is 2.28. The third-order valence-corrected chi connectivity index (χ3v) is 4.73. The summed E-state index contributed by atoms with van der Waals surface area (Å²) in [6.07, 6.45) is 1.95. The fraction of sp³-hybridized carbons (Fsp3) is 0.0870. The molecule has 29 heavy (non-hydrogen) atoms. The van der Waals surface area contributed by atoms with Gasteiger partial charge in [-0.15, -0.1) is 0 Å². The average molecular weight is 386 g/mol. The zero-order chi connectivity index (χ0) is 20.4. The Hall–Kier alpha value is -3.93. The van der Waals surface area contributed by atoms with Gasteiger partial charge in [-0.1, -0.05) is 48.5 Å². The van der Waals surface area contributed by atoms with Crippen LogP contribution < -0.4 is 0 Å². The average Bonchev–Trinajstić information content (AvgIpc) is 3.39. The topological polar surface area (TPSA) is 92.0 Å². The highest BCUT2D eigenvalue weighted by molar-refractivity contribution is 6.11. The number of carbonyl (C=O) groups excluding carboxylic acids is 3. The number of nitrogens with one attached hydrogen (secondary N) is 2. The minimum absolute atomic E-state index is 0.114. The number of esters is 1. The van der Waals surface area contributed by atoms with Crippen LogP contribution in [0.5, 0.6) is 0 Å². The van der Waals surface area contributed by atoms with Gasteiger partial charge in [0.25, 0.3) is 0 Å².